The topological polar surface area (TPSA) is 22.1 Å². The summed E-state index contributed by atoms with van der Waals surface area (Å²) in [6.07, 6.45) is -2.05. The van der Waals surface area contributed by atoms with Crippen LogP contribution in [0.5, 0.6) is 0 Å². The van der Waals surface area contributed by atoms with Gasteiger partial charge in [0, 0.05) is 18.0 Å². The van der Waals surface area contributed by atoms with E-state index >= 15 is 0 Å². The summed E-state index contributed by atoms with van der Waals surface area (Å²) in [5, 5.41) is 0.925. The Morgan fingerprint density at radius 1 is 1.24 bits per heavy atom. The molecule has 0 fully saturated rings. The second-order valence-electron chi connectivity index (χ2n) is 4.61. The average Bonchev–Trinajstić information content (AvgIpc) is 2.48. The van der Waals surface area contributed by atoms with Gasteiger partial charge in [-0.15, -0.1) is 0 Å². The molecule has 2 rings (SSSR count). The van der Waals surface area contributed by atoms with E-state index in [1.54, 1.807) is 20.0 Å². The van der Waals surface area contributed by atoms with E-state index in [0.29, 0.717) is 12.0 Å². The van der Waals surface area contributed by atoms with Crippen LogP contribution in [-0.2, 0) is 4.74 Å². The van der Waals surface area contributed by atoms with Crippen LogP contribution in [0.2, 0.25) is 0 Å². The molecule has 1 unspecified atom stereocenters. The number of hydrogen-bond donors (Lipinski definition) is 0. The first-order valence-corrected chi connectivity index (χ1v) is 7.42. The molecule has 1 aromatic heterocycles. The summed E-state index contributed by atoms with van der Waals surface area (Å²) >= 11 is 0. The fraction of sp³-hybridized carbons (Fsp3) is 0.471. The first kappa shape index (κ1) is 17.5. The van der Waals surface area contributed by atoms with Crippen molar-refractivity contribution in [1.82, 2.24) is 4.98 Å². The quantitative estimate of drug-likeness (QED) is 0.702. The highest BCUT2D eigenvalue weighted by molar-refractivity contribution is 5.78. The molecular weight excluding hydrogens is 272 g/mol. The van der Waals surface area contributed by atoms with E-state index in [4.69, 9.17) is 4.74 Å². The van der Waals surface area contributed by atoms with Gasteiger partial charge in [-0.1, -0.05) is 39.0 Å². The largest absolute Gasteiger partial charge is 0.356 e. The maximum atomic E-state index is 13.4. The van der Waals surface area contributed by atoms with Gasteiger partial charge in [-0.3, -0.25) is 4.98 Å². The lowest BCUT2D eigenvalue weighted by molar-refractivity contribution is -0.265. The fourth-order valence-corrected chi connectivity index (χ4v) is 1.99. The molecule has 0 N–H and O–H groups in total. The molecular formula is C17H23F2NO. The number of hydrogen-bond acceptors (Lipinski definition) is 2. The number of pyridine rings is 1. The van der Waals surface area contributed by atoms with Gasteiger partial charge in [0.1, 0.15) is 0 Å². The van der Waals surface area contributed by atoms with Crippen LogP contribution in [-0.4, -0.2) is 11.1 Å². The van der Waals surface area contributed by atoms with Crippen molar-refractivity contribution in [3.8, 4) is 0 Å². The molecule has 0 aliphatic carbocycles. The Morgan fingerprint density at radius 2 is 1.90 bits per heavy atom. The zero-order valence-electron chi connectivity index (χ0n) is 13.1. The van der Waals surface area contributed by atoms with Crippen molar-refractivity contribution in [1.29, 1.82) is 0 Å². The van der Waals surface area contributed by atoms with Crippen LogP contribution in [0.1, 0.15) is 52.2 Å². The minimum atomic E-state index is -3.08. The third kappa shape index (κ3) is 5.05. The molecule has 0 aliphatic heterocycles. The molecule has 0 radical (unpaired) electrons. The number of alkyl halides is 2. The highest BCUT2D eigenvalue weighted by Crippen LogP contribution is 2.30. The third-order valence-corrected chi connectivity index (χ3v) is 2.97. The second-order valence-corrected chi connectivity index (χ2v) is 4.61. The Hall–Kier alpha value is -1.55. The number of nitrogens with zero attached hydrogens (tertiary/aromatic N) is 1. The van der Waals surface area contributed by atoms with Crippen LogP contribution in [0.3, 0.4) is 0 Å². The van der Waals surface area contributed by atoms with E-state index in [1.807, 2.05) is 44.2 Å². The molecule has 2 nitrogen and oxygen atoms in total. The first-order valence-electron chi connectivity index (χ1n) is 7.42. The van der Waals surface area contributed by atoms with Crippen LogP contribution >= 0.6 is 0 Å². The fourth-order valence-electron chi connectivity index (χ4n) is 1.99. The molecule has 2 aromatic rings. The highest BCUT2D eigenvalue weighted by atomic mass is 19.3. The molecule has 0 saturated carbocycles. The number of halogens is 2. The lowest BCUT2D eigenvalue weighted by atomic mass is 10.1. The Kier molecular flexibility index (Phi) is 6.69. The summed E-state index contributed by atoms with van der Waals surface area (Å²) in [6.45, 7) is 7.33. The van der Waals surface area contributed by atoms with Gasteiger partial charge in [0.05, 0.1) is 11.6 Å². The number of ether oxygens (including phenoxy) is 1. The van der Waals surface area contributed by atoms with Gasteiger partial charge in [0.25, 0.3) is 0 Å². The maximum absolute atomic E-state index is 13.4. The first-order chi connectivity index (χ1) is 10.0. The van der Waals surface area contributed by atoms with E-state index in [2.05, 4.69) is 4.98 Å². The number of rotatable bonds is 5. The van der Waals surface area contributed by atoms with E-state index < -0.39 is 12.2 Å². The van der Waals surface area contributed by atoms with Crippen molar-refractivity contribution in [2.75, 3.05) is 0 Å². The van der Waals surface area contributed by atoms with Gasteiger partial charge in [-0.2, -0.15) is 8.78 Å². The van der Waals surface area contributed by atoms with E-state index in [1.165, 1.54) is 0 Å². The van der Waals surface area contributed by atoms with Crippen molar-refractivity contribution >= 4 is 10.9 Å². The molecule has 0 spiro atoms. The summed E-state index contributed by atoms with van der Waals surface area (Å²) in [4.78, 5) is 4.25. The lowest BCUT2D eigenvalue weighted by Crippen LogP contribution is -2.22. The smallest absolute Gasteiger partial charge is 0.313 e. The molecule has 116 valence electrons. The summed E-state index contributed by atoms with van der Waals surface area (Å²) in [7, 11) is 0. The van der Waals surface area contributed by atoms with Crippen molar-refractivity contribution in [3.63, 3.8) is 0 Å². The maximum Gasteiger partial charge on any atom is 0.356 e. The van der Waals surface area contributed by atoms with Gasteiger partial charge in [-0.25, -0.2) is 0 Å². The summed E-state index contributed by atoms with van der Waals surface area (Å²) in [5.41, 5.74) is 1.51. The van der Waals surface area contributed by atoms with E-state index in [9.17, 15) is 8.78 Å². The Balaban J connectivity index is 0.00000106. The molecule has 0 saturated heterocycles. The van der Waals surface area contributed by atoms with E-state index in [-0.39, 0.29) is 6.42 Å². The zero-order chi connectivity index (χ0) is 15.9. The number of aromatic nitrogens is 1. The molecule has 1 aromatic carbocycles. The minimum absolute atomic E-state index is 0.266. The van der Waals surface area contributed by atoms with Crippen molar-refractivity contribution in [2.45, 2.75) is 52.7 Å². The normalized spacial score (nSPS) is 12.7. The van der Waals surface area contributed by atoms with Gasteiger partial charge in [0.2, 0.25) is 0 Å². The second kappa shape index (κ2) is 8.03. The van der Waals surface area contributed by atoms with Gasteiger partial charge >= 0.3 is 6.11 Å². The van der Waals surface area contributed by atoms with Crippen molar-refractivity contribution in [3.05, 3.63) is 42.1 Å². The standard InChI is InChI=1S/C15H17F2NO.C2H6/c1-3-8-15(16,17)19-11(2)13-9-12-6-4-5-7-14(12)18-10-13;1-2/h4-7,9-11H,3,8H2,1-2H3;1-2H3. The predicted octanol–water partition coefficient (Wildman–Crippen LogP) is 5.73. The molecule has 0 amide bonds. The van der Waals surface area contributed by atoms with Gasteiger partial charge in [-0.05, 0) is 31.0 Å². The Labute approximate surface area is 125 Å². The van der Waals surface area contributed by atoms with Crippen LogP contribution in [0, 0.1) is 0 Å². The summed E-state index contributed by atoms with van der Waals surface area (Å²) < 4.78 is 31.7. The molecule has 1 atom stereocenters. The molecule has 1 heterocycles. The van der Waals surface area contributed by atoms with E-state index in [0.717, 1.165) is 10.9 Å². The molecule has 4 heteroatoms. The van der Waals surface area contributed by atoms with Crippen molar-refractivity contribution in [2.24, 2.45) is 0 Å². The minimum Gasteiger partial charge on any atom is -0.313 e. The van der Waals surface area contributed by atoms with Gasteiger partial charge < -0.3 is 4.74 Å². The van der Waals surface area contributed by atoms with Crippen LogP contribution < -0.4 is 0 Å². The molecule has 0 aliphatic rings. The van der Waals surface area contributed by atoms with Crippen LogP contribution in [0.4, 0.5) is 8.78 Å². The Bertz CT molecular complexity index is 557. The zero-order valence-corrected chi connectivity index (χ0v) is 13.1. The monoisotopic (exact) mass is 295 g/mol. The number of benzene rings is 1. The predicted molar refractivity (Wildman–Crippen MR) is 82.4 cm³/mol. The SMILES string of the molecule is CC.CCCC(F)(F)OC(C)c1cnc2ccccc2c1. The molecule has 21 heavy (non-hydrogen) atoms. The third-order valence-electron chi connectivity index (χ3n) is 2.97. The summed E-state index contributed by atoms with van der Waals surface area (Å²) in [5.74, 6) is 0. The highest BCUT2D eigenvalue weighted by Gasteiger charge is 2.31. The van der Waals surface area contributed by atoms with Crippen LogP contribution in [0.25, 0.3) is 10.9 Å². The van der Waals surface area contributed by atoms with Crippen molar-refractivity contribution < 1.29 is 13.5 Å². The lowest BCUT2D eigenvalue weighted by Gasteiger charge is -2.21. The average molecular weight is 295 g/mol. The summed E-state index contributed by atoms with van der Waals surface area (Å²) in [6, 6.07) is 9.42. The van der Waals surface area contributed by atoms with Crippen LogP contribution in [0.15, 0.2) is 36.5 Å². The van der Waals surface area contributed by atoms with Gasteiger partial charge in [0.15, 0.2) is 0 Å². The molecule has 0 bridgehead atoms. The number of fused-ring (bicyclic) bond motifs is 1. The Morgan fingerprint density at radius 3 is 2.57 bits per heavy atom. The number of para-hydroxylation sites is 1.